The van der Waals surface area contributed by atoms with E-state index < -0.39 is 17.0 Å². The molecular formula is C15H22F2IN3. The fourth-order valence-corrected chi connectivity index (χ4v) is 2.55. The van der Waals surface area contributed by atoms with Crippen molar-refractivity contribution in [3.63, 3.8) is 0 Å². The number of nitrogens with zero attached hydrogens (tertiary/aromatic N) is 3. The van der Waals surface area contributed by atoms with Gasteiger partial charge in [0.05, 0.1) is 6.54 Å². The molecule has 2 rings (SSSR count). The molecule has 0 aromatic heterocycles. The Morgan fingerprint density at radius 1 is 1.10 bits per heavy atom. The number of guanidine groups is 1. The highest BCUT2D eigenvalue weighted by Crippen LogP contribution is 2.50. The molecule has 0 bridgehead atoms. The summed E-state index contributed by atoms with van der Waals surface area (Å²) in [5.41, 5.74) is -0.271. The van der Waals surface area contributed by atoms with Crippen LogP contribution in [0.2, 0.25) is 0 Å². The van der Waals surface area contributed by atoms with E-state index in [1.54, 1.807) is 0 Å². The van der Waals surface area contributed by atoms with E-state index in [9.17, 15) is 8.78 Å². The fourth-order valence-electron chi connectivity index (χ4n) is 2.55. The molecule has 0 N–H and O–H groups in total. The second-order valence-electron chi connectivity index (χ2n) is 5.78. The third-order valence-corrected chi connectivity index (χ3v) is 3.67. The van der Waals surface area contributed by atoms with Crippen molar-refractivity contribution < 1.29 is 8.78 Å². The lowest BCUT2D eigenvalue weighted by Crippen LogP contribution is -2.36. The summed E-state index contributed by atoms with van der Waals surface area (Å²) < 4.78 is 27.8. The molecule has 0 aliphatic heterocycles. The summed E-state index contributed by atoms with van der Waals surface area (Å²) >= 11 is 0. The predicted molar refractivity (Wildman–Crippen MR) is 92.4 cm³/mol. The zero-order chi connectivity index (χ0) is 14.9. The predicted octanol–water partition coefficient (Wildman–Crippen LogP) is 3.09. The van der Waals surface area contributed by atoms with Crippen LogP contribution in [0, 0.1) is 11.6 Å². The first-order valence-corrected chi connectivity index (χ1v) is 6.71. The number of benzene rings is 1. The standard InChI is InChI=1S/C15H21F2N3.HI/c1-19(2)14(20(3)4)18-10-15(8-9-15)13-11(16)6-5-7-12(13)17;/h5-7H,8-10H2,1-4H3;1H. The SMILES string of the molecule is CN(C)C(=NCC1(c2c(F)cccc2F)CC1)N(C)C.I. The van der Waals surface area contributed by atoms with Crippen LogP contribution in [0.25, 0.3) is 0 Å². The molecule has 118 valence electrons. The van der Waals surface area contributed by atoms with Gasteiger partial charge in [-0.05, 0) is 25.0 Å². The average molecular weight is 409 g/mol. The molecule has 0 saturated heterocycles. The lowest BCUT2D eigenvalue weighted by molar-refractivity contribution is 0.471. The molecule has 0 heterocycles. The van der Waals surface area contributed by atoms with Crippen LogP contribution in [0.1, 0.15) is 18.4 Å². The van der Waals surface area contributed by atoms with Crippen LogP contribution >= 0.6 is 24.0 Å². The van der Waals surface area contributed by atoms with Gasteiger partial charge < -0.3 is 9.80 Å². The second kappa shape index (κ2) is 6.89. The van der Waals surface area contributed by atoms with Crippen molar-refractivity contribution in [1.29, 1.82) is 0 Å². The molecule has 0 amide bonds. The monoisotopic (exact) mass is 409 g/mol. The number of rotatable bonds is 3. The normalized spacial score (nSPS) is 15.0. The van der Waals surface area contributed by atoms with Gasteiger partial charge >= 0.3 is 0 Å². The first kappa shape index (κ1) is 18.1. The quantitative estimate of drug-likeness (QED) is 0.434. The van der Waals surface area contributed by atoms with Crippen molar-refractivity contribution in [2.75, 3.05) is 34.7 Å². The molecule has 0 unspecified atom stereocenters. The van der Waals surface area contributed by atoms with Crippen LogP contribution in [-0.2, 0) is 5.41 Å². The zero-order valence-corrected chi connectivity index (χ0v) is 15.2. The summed E-state index contributed by atoms with van der Waals surface area (Å²) in [6.45, 7) is 0.413. The van der Waals surface area contributed by atoms with Crippen molar-refractivity contribution in [3.05, 3.63) is 35.4 Å². The zero-order valence-electron chi connectivity index (χ0n) is 12.9. The molecule has 0 radical (unpaired) electrons. The highest BCUT2D eigenvalue weighted by Gasteiger charge is 2.47. The maximum atomic E-state index is 13.9. The number of hydrogen-bond acceptors (Lipinski definition) is 1. The van der Waals surface area contributed by atoms with Crippen molar-refractivity contribution in [3.8, 4) is 0 Å². The third kappa shape index (κ3) is 3.84. The van der Waals surface area contributed by atoms with E-state index in [0.29, 0.717) is 6.54 Å². The molecular weight excluding hydrogens is 387 g/mol. The van der Waals surface area contributed by atoms with Crippen LogP contribution in [0.5, 0.6) is 0 Å². The van der Waals surface area contributed by atoms with Crippen molar-refractivity contribution in [2.24, 2.45) is 4.99 Å². The lowest BCUT2D eigenvalue weighted by Gasteiger charge is -2.24. The van der Waals surface area contributed by atoms with Crippen molar-refractivity contribution in [2.45, 2.75) is 18.3 Å². The Balaban J connectivity index is 0.00000220. The summed E-state index contributed by atoms with van der Waals surface area (Å²) in [4.78, 5) is 8.34. The van der Waals surface area contributed by atoms with Gasteiger partial charge in [0.2, 0.25) is 0 Å². The summed E-state index contributed by atoms with van der Waals surface area (Å²) in [7, 11) is 7.62. The molecule has 1 fully saturated rings. The second-order valence-corrected chi connectivity index (χ2v) is 5.78. The molecule has 0 spiro atoms. The van der Waals surface area contributed by atoms with Gasteiger partial charge in [-0.2, -0.15) is 0 Å². The summed E-state index contributed by atoms with van der Waals surface area (Å²) in [6.07, 6.45) is 1.56. The molecule has 21 heavy (non-hydrogen) atoms. The van der Waals surface area contributed by atoms with E-state index in [2.05, 4.69) is 4.99 Å². The fraction of sp³-hybridized carbons (Fsp3) is 0.533. The summed E-state index contributed by atoms with van der Waals surface area (Å²) in [5, 5.41) is 0. The highest BCUT2D eigenvalue weighted by atomic mass is 127. The van der Waals surface area contributed by atoms with Gasteiger partial charge in [-0.1, -0.05) is 6.07 Å². The third-order valence-electron chi connectivity index (χ3n) is 3.67. The van der Waals surface area contributed by atoms with Crippen LogP contribution in [0.15, 0.2) is 23.2 Å². The van der Waals surface area contributed by atoms with Gasteiger partial charge in [0.25, 0.3) is 0 Å². The van der Waals surface area contributed by atoms with Gasteiger partial charge in [-0.3, -0.25) is 4.99 Å². The molecule has 1 saturated carbocycles. The van der Waals surface area contributed by atoms with Gasteiger partial charge in [0.15, 0.2) is 5.96 Å². The van der Waals surface area contributed by atoms with Crippen LogP contribution in [0.4, 0.5) is 8.78 Å². The maximum absolute atomic E-state index is 13.9. The molecule has 0 atom stereocenters. The highest BCUT2D eigenvalue weighted by molar-refractivity contribution is 14.0. The smallest absolute Gasteiger partial charge is 0.195 e. The average Bonchev–Trinajstić information content (AvgIpc) is 3.09. The van der Waals surface area contributed by atoms with Crippen LogP contribution in [0.3, 0.4) is 0 Å². The number of hydrogen-bond donors (Lipinski definition) is 0. The summed E-state index contributed by atoms with van der Waals surface area (Å²) in [5.74, 6) is -0.129. The molecule has 1 aliphatic carbocycles. The van der Waals surface area contributed by atoms with E-state index in [4.69, 9.17) is 0 Å². The van der Waals surface area contributed by atoms with E-state index in [0.717, 1.165) is 18.8 Å². The van der Waals surface area contributed by atoms with Crippen molar-refractivity contribution >= 4 is 29.9 Å². The van der Waals surface area contributed by atoms with Crippen molar-refractivity contribution in [1.82, 2.24) is 9.80 Å². The Labute approximate surface area is 142 Å². The van der Waals surface area contributed by atoms with Gasteiger partial charge in [-0.25, -0.2) is 8.78 Å². The lowest BCUT2D eigenvalue weighted by atomic mass is 9.95. The van der Waals surface area contributed by atoms with E-state index in [1.807, 2.05) is 38.0 Å². The number of halogens is 3. The Morgan fingerprint density at radius 3 is 1.95 bits per heavy atom. The molecule has 3 nitrogen and oxygen atoms in total. The molecule has 1 aromatic carbocycles. The minimum Gasteiger partial charge on any atom is -0.349 e. The number of aliphatic imine (C=N–C) groups is 1. The van der Waals surface area contributed by atoms with Gasteiger partial charge in [0, 0.05) is 39.2 Å². The first-order valence-electron chi connectivity index (χ1n) is 6.71. The Bertz CT molecular complexity index is 495. The van der Waals surface area contributed by atoms with E-state index in [-0.39, 0.29) is 29.5 Å². The topological polar surface area (TPSA) is 18.8 Å². The van der Waals surface area contributed by atoms with Crippen LogP contribution in [-0.4, -0.2) is 50.5 Å². The van der Waals surface area contributed by atoms with Gasteiger partial charge in [-0.15, -0.1) is 24.0 Å². The molecule has 1 aliphatic rings. The minimum absolute atomic E-state index is 0. The largest absolute Gasteiger partial charge is 0.349 e. The summed E-state index contributed by atoms with van der Waals surface area (Å²) in [6, 6.07) is 4.04. The first-order chi connectivity index (χ1) is 9.37. The Kier molecular flexibility index (Phi) is 5.95. The van der Waals surface area contributed by atoms with Gasteiger partial charge in [0.1, 0.15) is 11.6 Å². The minimum atomic E-state index is -0.466. The van der Waals surface area contributed by atoms with E-state index >= 15 is 0 Å². The maximum Gasteiger partial charge on any atom is 0.195 e. The Morgan fingerprint density at radius 2 is 1.57 bits per heavy atom. The Hall–Kier alpha value is -0.920. The van der Waals surface area contributed by atoms with E-state index in [1.165, 1.54) is 18.2 Å². The molecule has 1 aromatic rings. The molecule has 6 heteroatoms. The van der Waals surface area contributed by atoms with Crippen LogP contribution < -0.4 is 0 Å².